The lowest BCUT2D eigenvalue weighted by Gasteiger charge is -2.37. The second-order valence-electron chi connectivity index (χ2n) is 6.90. The summed E-state index contributed by atoms with van der Waals surface area (Å²) in [4.78, 5) is 14.3. The van der Waals surface area contributed by atoms with Crippen LogP contribution < -0.4 is 4.74 Å². The molecule has 1 aliphatic heterocycles. The maximum absolute atomic E-state index is 12.5. The van der Waals surface area contributed by atoms with Crippen molar-refractivity contribution in [3.05, 3.63) is 59.7 Å². The fourth-order valence-electron chi connectivity index (χ4n) is 3.39. The van der Waals surface area contributed by atoms with Crippen molar-refractivity contribution in [3.63, 3.8) is 0 Å². The van der Waals surface area contributed by atoms with Crippen molar-refractivity contribution in [3.8, 4) is 11.5 Å². The predicted molar refractivity (Wildman–Crippen MR) is 103 cm³/mol. The molecule has 2 aromatic rings. The number of carbonyl (C=O) groups excluding carboxylic acids is 1. The number of carbonyl (C=O) groups is 1. The zero-order valence-corrected chi connectivity index (χ0v) is 15.7. The molecule has 1 saturated heterocycles. The van der Waals surface area contributed by atoms with Gasteiger partial charge >= 0.3 is 0 Å². The summed E-state index contributed by atoms with van der Waals surface area (Å²) in [6, 6.07) is 14.8. The number of benzene rings is 2. The molecule has 0 amide bonds. The van der Waals surface area contributed by atoms with Gasteiger partial charge in [-0.05, 0) is 30.5 Å². The van der Waals surface area contributed by atoms with Crippen LogP contribution in [0.5, 0.6) is 11.5 Å². The number of hydrogen-bond acceptors (Lipinski definition) is 4. The van der Waals surface area contributed by atoms with E-state index in [0.717, 1.165) is 43.6 Å². The highest BCUT2D eigenvalue weighted by Crippen LogP contribution is 2.35. The number of phenolic OH excluding ortho intramolecular Hbond substituents is 1. The fourth-order valence-corrected chi connectivity index (χ4v) is 3.69. The van der Waals surface area contributed by atoms with Gasteiger partial charge in [0.1, 0.15) is 0 Å². The maximum Gasteiger partial charge on any atom is 0.164 e. The molecule has 1 heterocycles. The molecule has 0 spiro atoms. The minimum atomic E-state index is -0.467. The van der Waals surface area contributed by atoms with Crippen molar-refractivity contribution in [2.24, 2.45) is 0 Å². The molecule has 138 valence electrons. The monoisotopic (exact) mass is 373 g/mol. The number of nitrogens with zero attached hydrogens (tertiary/aromatic N) is 1. The first-order chi connectivity index (χ1) is 12.5. The van der Waals surface area contributed by atoms with Gasteiger partial charge in [0.15, 0.2) is 17.3 Å². The van der Waals surface area contributed by atoms with Crippen LogP contribution in [0.2, 0.25) is 0 Å². The van der Waals surface area contributed by atoms with E-state index < -0.39 is 4.87 Å². The first-order valence-corrected chi connectivity index (χ1v) is 9.22. The van der Waals surface area contributed by atoms with Crippen LogP contribution in [0.15, 0.2) is 48.5 Å². The van der Waals surface area contributed by atoms with E-state index >= 15 is 0 Å². The molecule has 4 nitrogen and oxygen atoms in total. The SMILES string of the molecule is COc1ccc(CN2CCC(Cl)(CC(=O)c3ccccc3)CC2)cc1O. The van der Waals surface area contributed by atoms with Crippen LogP contribution in [0, 0.1) is 0 Å². The minimum Gasteiger partial charge on any atom is -0.504 e. The third-order valence-electron chi connectivity index (χ3n) is 4.97. The fraction of sp³-hybridized carbons (Fsp3) is 0.381. The molecular weight excluding hydrogens is 350 g/mol. The lowest BCUT2D eigenvalue weighted by molar-refractivity contribution is 0.0941. The summed E-state index contributed by atoms with van der Waals surface area (Å²) in [5.41, 5.74) is 1.76. The number of piperidine rings is 1. The number of likely N-dealkylation sites (tertiary alicyclic amines) is 1. The zero-order valence-electron chi connectivity index (χ0n) is 15.0. The molecule has 0 aliphatic carbocycles. The Morgan fingerprint density at radius 1 is 1.19 bits per heavy atom. The topological polar surface area (TPSA) is 49.8 Å². The second-order valence-corrected chi connectivity index (χ2v) is 7.70. The van der Waals surface area contributed by atoms with Gasteiger partial charge in [-0.2, -0.15) is 0 Å². The first-order valence-electron chi connectivity index (χ1n) is 8.84. The summed E-state index contributed by atoms with van der Waals surface area (Å²) in [6.45, 7) is 2.41. The van der Waals surface area contributed by atoms with Crippen molar-refractivity contribution in [1.29, 1.82) is 0 Å². The Morgan fingerprint density at radius 3 is 2.50 bits per heavy atom. The second kappa shape index (κ2) is 8.11. The van der Waals surface area contributed by atoms with Gasteiger partial charge in [-0.1, -0.05) is 36.4 Å². The third kappa shape index (κ3) is 4.57. The van der Waals surface area contributed by atoms with Gasteiger partial charge in [0.25, 0.3) is 0 Å². The first kappa shape index (κ1) is 18.7. The smallest absolute Gasteiger partial charge is 0.164 e. The minimum absolute atomic E-state index is 0.106. The molecule has 1 N–H and O–H groups in total. The van der Waals surface area contributed by atoms with E-state index in [1.807, 2.05) is 36.4 Å². The maximum atomic E-state index is 12.5. The number of Topliss-reactive ketones (excluding diaryl/α,β-unsaturated/α-hetero) is 1. The average Bonchev–Trinajstić information content (AvgIpc) is 2.64. The highest BCUT2D eigenvalue weighted by Gasteiger charge is 2.34. The number of rotatable bonds is 6. The Hall–Kier alpha value is -2.04. The van der Waals surface area contributed by atoms with Gasteiger partial charge in [0.05, 0.1) is 12.0 Å². The molecule has 26 heavy (non-hydrogen) atoms. The molecule has 1 fully saturated rings. The van der Waals surface area contributed by atoms with Gasteiger partial charge < -0.3 is 9.84 Å². The van der Waals surface area contributed by atoms with E-state index in [1.54, 1.807) is 12.1 Å². The van der Waals surface area contributed by atoms with Gasteiger partial charge in [-0.15, -0.1) is 11.6 Å². The van der Waals surface area contributed by atoms with Crippen LogP contribution in [0.3, 0.4) is 0 Å². The van der Waals surface area contributed by atoms with Crippen molar-refractivity contribution in [2.45, 2.75) is 30.7 Å². The molecule has 0 unspecified atom stereocenters. The number of phenols is 1. The van der Waals surface area contributed by atoms with Crippen molar-refractivity contribution < 1.29 is 14.6 Å². The van der Waals surface area contributed by atoms with E-state index in [0.29, 0.717) is 12.2 Å². The van der Waals surface area contributed by atoms with E-state index in [2.05, 4.69) is 4.90 Å². The number of alkyl halides is 1. The lowest BCUT2D eigenvalue weighted by Crippen LogP contribution is -2.41. The molecular formula is C21H24ClNO3. The Labute approximate surface area is 159 Å². The van der Waals surface area contributed by atoms with Gasteiger partial charge in [0.2, 0.25) is 0 Å². The van der Waals surface area contributed by atoms with E-state index in [1.165, 1.54) is 7.11 Å². The molecule has 3 rings (SSSR count). The Kier molecular flexibility index (Phi) is 5.84. The molecule has 2 aromatic carbocycles. The van der Waals surface area contributed by atoms with E-state index in [-0.39, 0.29) is 11.5 Å². The van der Waals surface area contributed by atoms with Crippen molar-refractivity contribution in [1.82, 2.24) is 4.90 Å². The molecule has 0 atom stereocenters. The van der Waals surface area contributed by atoms with Crippen LogP contribution in [-0.4, -0.2) is 40.9 Å². The summed E-state index contributed by atoms with van der Waals surface area (Å²) < 4.78 is 5.08. The molecule has 0 bridgehead atoms. The van der Waals surface area contributed by atoms with Crippen LogP contribution in [0.25, 0.3) is 0 Å². The van der Waals surface area contributed by atoms with Gasteiger partial charge in [-0.3, -0.25) is 9.69 Å². The van der Waals surface area contributed by atoms with Crippen LogP contribution in [0.1, 0.15) is 35.2 Å². The normalized spacial score (nSPS) is 17.0. The highest BCUT2D eigenvalue weighted by atomic mass is 35.5. The summed E-state index contributed by atoms with van der Waals surface area (Å²) in [5, 5.41) is 9.91. The average molecular weight is 374 g/mol. The van der Waals surface area contributed by atoms with Crippen molar-refractivity contribution >= 4 is 17.4 Å². The number of hydrogen-bond donors (Lipinski definition) is 1. The lowest BCUT2D eigenvalue weighted by atomic mass is 9.88. The van der Waals surface area contributed by atoms with E-state index in [4.69, 9.17) is 16.3 Å². The van der Waals surface area contributed by atoms with Gasteiger partial charge in [0, 0.05) is 31.6 Å². The summed E-state index contributed by atoms with van der Waals surface area (Å²) in [5.74, 6) is 0.739. The zero-order chi connectivity index (χ0) is 18.6. The highest BCUT2D eigenvalue weighted by molar-refractivity contribution is 6.25. The Morgan fingerprint density at radius 2 is 1.88 bits per heavy atom. The Bertz CT molecular complexity index is 755. The molecule has 0 aromatic heterocycles. The quantitative estimate of drug-likeness (QED) is 0.607. The summed E-state index contributed by atoms with van der Waals surface area (Å²) in [6.07, 6.45) is 1.92. The summed E-state index contributed by atoms with van der Waals surface area (Å²) >= 11 is 6.75. The van der Waals surface area contributed by atoms with Crippen LogP contribution >= 0.6 is 11.6 Å². The molecule has 5 heteroatoms. The third-order valence-corrected chi connectivity index (χ3v) is 5.49. The van der Waals surface area contributed by atoms with Crippen LogP contribution in [0.4, 0.5) is 0 Å². The Balaban J connectivity index is 1.55. The van der Waals surface area contributed by atoms with E-state index in [9.17, 15) is 9.90 Å². The molecule has 0 saturated carbocycles. The standard InChI is InChI=1S/C21H24ClNO3/c1-26-20-8-7-16(13-18(20)24)15-23-11-9-21(22,10-12-23)14-19(25)17-5-3-2-4-6-17/h2-8,13,24H,9-12,14-15H2,1H3. The number of aromatic hydroxyl groups is 1. The predicted octanol–water partition coefficient (Wildman–Crippen LogP) is 4.25. The number of methoxy groups -OCH3 is 1. The number of ether oxygens (including phenoxy) is 1. The van der Waals surface area contributed by atoms with Gasteiger partial charge in [-0.25, -0.2) is 0 Å². The van der Waals surface area contributed by atoms with Crippen molar-refractivity contribution in [2.75, 3.05) is 20.2 Å². The largest absolute Gasteiger partial charge is 0.504 e. The molecule has 0 radical (unpaired) electrons. The number of halogens is 1. The number of ketones is 1. The molecule has 1 aliphatic rings. The van der Waals surface area contributed by atoms with Crippen LogP contribution in [-0.2, 0) is 6.54 Å². The summed E-state index contributed by atoms with van der Waals surface area (Å²) in [7, 11) is 1.54.